The highest BCUT2D eigenvalue weighted by Crippen LogP contribution is 2.28. The number of benzene rings is 1. The first-order valence-electron chi connectivity index (χ1n) is 7.75. The monoisotopic (exact) mass is 335 g/mol. The lowest BCUT2D eigenvalue weighted by atomic mass is 10.0. The molecule has 0 aromatic heterocycles. The molecule has 0 radical (unpaired) electrons. The van der Waals surface area contributed by atoms with Gasteiger partial charge in [-0.3, -0.25) is 4.79 Å². The molecule has 1 N–H and O–H groups in total. The Bertz CT molecular complexity index is 463. The van der Waals surface area contributed by atoms with Crippen molar-refractivity contribution < 1.29 is 4.79 Å². The largest absolute Gasteiger partial charge is 0.352 e. The Morgan fingerprint density at radius 2 is 1.70 bits per heavy atom. The van der Waals surface area contributed by atoms with Crippen LogP contribution in [0.3, 0.4) is 0 Å². The van der Waals surface area contributed by atoms with E-state index in [2.05, 4.69) is 45.5 Å². The summed E-state index contributed by atoms with van der Waals surface area (Å²) in [6.07, 6.45) is 7.90. The van der Waals surface area contributed by atoms with E-state index in [-0.39, 0.29) is 11.8 Å². The lowest BCUT2D eigenvalue weighted by Gasteiger charge is -2.23. The second-order valence-corrected chi connectivity index (χ2v) is 7.32. The molecule has 20 heavy (non-hydrogen) atoms. The van der Waals surface area contributed by atoms with Crippen molar-refractivity contribution >= 4 is 21.8 Å². The van der Waals surface area contributed by atoms with Gasteiger partial charge in [0.05, 0.1) is 0 Å². The van der Waals surface area contributed by atoms with Crippen molar-refractivity contribution in [2.75, 3.05) is 0 Å². The van der Waals surface area contributed by atoms with Crippen LogP contribution in [0.5, 0.6) is 0 Å². The van der Waals surface area contributed by atoms with Gasteiger partial charge in [0, 0.05) is 16.8 Å². The Morgan fingerprint density at radius 3 is 2.40 bits per heavy atom. The number of hydrogen-bond donors (Lipinski definition) is 1. The van der Waals surface area contributed by atoms with Crippen molar-refractivity contribution in [2.24, 2.45) is 5.92 Å². The SMILES string of the molecule is O=C(NC1CCCCCC1Br)C1Cc2ccccc2C1. The summed E-state index contributed by atoms with van der Waals surface area (Å²) in [5.74, 6) is 0.382. The van der Waals surface area contributed by atoms with Gasteiger partial charge in [-0.25, -0.2) is 0 Å². The first-order chi connectivity index (χ1) is 9.74. The number of nitrogens with one attached hydrogen (secondary N) is 1. The Balaban J connectivity index is 1.60. The van der Waals surface area contributed by atoms with Gasteiger partial charge in [0.2, 0.25) is 5.91 Å². The lowest BCUT2D eigenvalue weighted by molar-refractivity contribution is -0.125. The molecule has 3 heteroatoms. The fourth-order valence-corrected chi connectivity index (χ4v) is 4.19. The fraction of sp³-hybridized carbons (Fsp3) is 0.588. The van der Waals surface area contributed by atoms with Crippen molar-refractivity contribution in [1.29, 1.82) is 0 Å². The van der Waals surface area contributed by atoms with Gasteiger partial charge >= 0.3 is 0 Å². The smallest absolute Gasteiger partial charge is 0.224 e. The predicted octanol–water partition coefficient (Wildman–Crippen LogP) is 3.61. The molecule has 0 heterocycles. The highest BCUT2D eigenvalue weighted by atomic mass is 79.9. The van der Waals surface area contributed by atoms with Crippen LogP contribution in [0.4, 0.5) is 0 Å². The van der Waals surface area contributed by atoms with Gasteiger partial charge < -0.3 is 5.32 Å². The van der Waals surface area contributed by atoms with Crippen LogP contribution in [0.1, 0.15) is 43.2 Å². The van der Waals surface area contributed by atoms with E-state index in [1.54, 1.807) is 0 Å². The molecule has 2 nitrogen and oxygen atoms in total. The van der Waals surface area contributed by atoms with Crippen LogP contribution < -0.4 is 5.32 Å². The summed E-state index contributed by atoms with van der Waals surface area (Å²) in [7, 11) is 0. The third-order valence-corrected chi connectivity index (χ3v) is 5.78. The van der Waals surface area contributed by atoms with Gasteiger partial charge in [-0.05, 0) is 36.8 Å². The minimum Gasteiger partial charge on any atom is -0.352 e. The Hall–Kier alpha value is -0.830. The maximum Gasteiger partial charge on any atom is 0.224 e. The first-order valence-corrected chi connectivity index (χ1v) is 8.67. The maximum atomic E-state index is 12.5. The summed E-state index contributed by atoms with van der Waals surface area (Å²) in [5, 5.41) is 3.30. The topological polar surface area (TPSA) is 29.1 Å². The van der Waals surface area contributed by atoms with Gasteiger partial charge in [0.1, 0.15) is 0 Å². The van der Waals surface area contributed by atoms with Gasteiger partial charge in [-0.15, -0.1) is 0 Å². The summed E-state index contributed by atoms with van der Waals surface area (Å²) in [6.45, 7) is 0. The zero-order valence-electron chi connectivity index (χ0n) is 11.8. The standard InChI is InChI=1S/C17H22BrNO/c18-15-8-2-1-3-9-16(15)19-17(20)14-10-12-6-4-5-7-13(12)11-14/h4-7,14-16H,1-3,8-11H2,(H,19,20). The van der Waals surface area contributed by atoms with Gasteiger partial charge in [0.25, 0.3) is 0 Å². The third-order valence-electron chi connectivity index (χ3n) is 4.68. The number of carbonyl (C=O) groups is 1. The van der Waals surface area contributed by atoms with Crippen molar-refractivity contribution in [3.8, 4) is 0 Å². The second-order valence-electron chi connectivity index (χ2n) is 6.14. The Morgan fingerprint density at radius 1 is 1.05 bits per heavy atom. The Labute approximate surface area is 129 Å². The zero-order chi connectivity index (χ0) is 13.9. The summed E-state index contributed by atoms with van der Waals surface area (Å²) in [5.41, 5.74) is 2.70. The minimum atomic E-state index is 0.135. The van der Waals surface area contributed by atoms with E-state index in [0.29, 0.717) is 10.9 Å². The molecule has 0 bridgehead atoms. The van der Waals surface area contributed by atoms with Crippen molar-refractivity contribution in [1.82, 2.24) is 5.32 Å². The summed E-state index contributed by atoms with van der Waals surface area (Å²) >= 11 is 3.76. The third kappa shape index (κ3) is 3.08. The van der Waals surface area contributed by atoms with Crippen molar-refractivity contribution in [2.45, 2.75) is 55.8 Å². The maximum absolute atomic E-state index is 12.5. The molecule has 108 valence electrons. The average Bonchev–Trinajstić information content (AvgIpc) is 2.79. The molecule has 2 atom stereocenters. The first kappa shape index (κ1) is 14.1. The highest BCUT2D eigenvalue weighted by molar-refractivity contribution is 9.09. The number of fused-ring (bicyclic) bond motifs is 1. The molecule has 1 aromatic carbocycles. The van der Waals surface area contributed by atoms with E-state index >= 15 is 0 Å². The molecule has 2 aliphatic rings. The van der Waals surface area contributed by atoms with E-state index in [1.807, 2.05) is 0 Å². The van der Waals surface area contributed by atoms with Crippen LogP contribution in [-0.4, -0.2) is 16.8 Å². The normalized spacial score (nSPS) is 26.9. The molecule has 1 aromatic rings. The molecule has 3 rings (SSSR count). The molecular weight excluding hydrogens is 314 g/mol. The molecule has 2 unspecified atom stereocenters. The number of carbonyl (C=O) groups excluding carboxylic acids is 1. The van der Waals surface area contributed by atoms with E-state index in [9.17, 15) is 4.79 Å². The molecule has 0 spiro atoms. The minimum absolute atomic E-state index is 0.135. The summed E-state index contributed by atoms with van der Waals surface area (Å²) < 4.78 is 0. The number of halogens is 1. The summed E-state index contributed by atoms with van der Waals surface area (Å²) in [6, 6.07) is 8.76. The van der Waals surface area contributed by atoms with Gasteiger partial charge in [-0.2, -0.15) is 0 Å². The molecular formula is C17H22BrNO. The zero-order valence-corrected chi connectivity index (χ0v) is 13.4. The second kappa shape index (κ2) is 6.30. The lowest BCUT2D eigenvalue weighted by Crippen LogP contribution is -2.43. The molecule has 2 aliphatic carbocycles. The number of hydrogen-bond acceptors (Lipinski definition) is 1. The van der Waals surface area contributed by atoms with Crippen molar-refractivity contribution in [3.05, 3.63) is 35.4 Å². The quantitative estimate of drug-likeness (QED) is 0.649. The van der Waals surface area contributed by atoms with Crippen LogP contribution in [-0.2, 0) is 17.6 Å². The molecule has 1 amide bonds. The van der Waals surface area contributed by atoms with Gasteiger partial charge in [0.15, 0.2) is 0 Å². The molecule has 0 aliphatic heterocycles. The average molecular weight is 336 g/mol. The predicted molar refractivity (Wildman–Crippen MR) is 85.1 cm³/mol. The van der Waals surface area contributed by atoms with Crippen LogP contribution in [0.25, 0.3) is 0 Å². The van der Waals surface area contributed by atoms with E-state index in [0.717, 1.165) is 19.3 Å². The van der Waals surface area contributed by atoms with E-state index in [4.69, 9.17) is 0 Å². The molecule has 1 saturated carbocycles. The van der Waals surface area contributed by atoms with Gasteiger partial charge in [-0.1, -0.05) is 59.5 Å². The van der Waals surface area contributed by atoms with Crippen LogP contribution in [0, 0.1) is 5.92 Å². The fourth-order valence-electron chi connectivity index (χ4n) is 3.47. The number of rotatable bonds is 2. The molecule has 1 fully saturated rings. The number of amides is 1. The van der Waals surface area contributed by atoms with Crippen LogP contribution in [0.2, 0.25) is 0 Å². The summed E-state index contributed by atoms with van der Waals surface area (Å²) in [4.78, 5) is 13.0. The van der Waals surface area contributed by atoms with E-state index in [1.165, 1.54) is 36.8 Å². The number of alkyl halides is 1. The Kier molecular flexibility index (Phi) is 4.45. The molecule has 0 saturated heterocycles. The van der Waals surface area contributed by atoms with E-state index < -0.39 is 0 Å². The van der Waals surface area contributed by atoms with Crippen LogP contribution >= 0.6 is 15.9 Å². The van der Waals surface area contributed by atoms with Crippen LogP contribution in [0.15, 0.2) is 24.3 Å². The van der Waals surface area contributed by atoms with Crippen molar-refractivity contribution in [3.63, 3.8) is 0 Å². The highest BCUT2D eigenvalue weighted by Gasteiger charge is 2.30.